The molecule has 0 saturated heterocycles. The zero-order valence-electron chi connectivity index (χ0n) is 40.4. The van der Waals surface area contributed by atoms with Gasteiger partial charge in [-0.1, -0.05) is 210 Å². The molecule has 12 nitrogen and oxygen atoms in total. The van der Waals surface area contributed by atoms with Crippen molar-refractivity contribution in [3.63, 3.8) is 0 Å². The van der Waals surface area contributed by atoms with E-state index in [1.165, 1.54) is 0 Å². The van der Waals surface area contributed by atoms with Crippen LogP contribution in [0.2, 0.25) is 0 Å². The predicted molar refractivity (Wildman–Crippen MR) is 279 cm³/mol. The standard InChI is InChI=1S/C58H62N4O8S/c1-41(2)53(61-57(65)69-39-45-27-15-7-16-28-45)55(63)59-49(35-43-23-11-5-12-24-43)37-51(47-31-19-9-20-32-47)71(67,68)52(48-33-21-10-22-34-48)38-50(36-44-25-13-6-14-26-44)60-56(64)54(42(3)4)62-58(66)70-40-46-29-17-8-18-30-46/h5-34,37-38,41-42,49-50,53-54H,35-36,39-40H2,1-4H3,(H,59,63)(H,60,64)(H,61,65)(H,62,66)/t49-,50-,53-,54-/m0/s1. The molecule has 0 heterocycles. The minimum absolute atomic E-state index is 0.00292. The third-order valence-electron chi connectivity index (χ3n) is 11.5. The minimum atomic E-state index is -4.55. The Kier molecular flexibility index (Phi) is 19.5. The lowest BCUT2D eigenvalue weighted by atomic mass is 10.0. The summed E-state index contributed by atoms with van der Waals surface area (Å²) in [6, 6.07) is 50.4. The lowest BCUT2D eigenvalue weighted by Gasteiger charge is -2.26. The zero-order chi connectivity index (χ0) is 50.6. The van der Waals surface area contributed by atoms with E-state index in [1.54, 1.807) is 101 Å². The summed E-state index contributed by atoms with van der Waals surface area (Å²) >= 11 is 0. The SMILES string of the molecule is CC(C)[C@H](NC(=O)OCc1ccccc1)C(=O)N[C@H](C=C(c1ccccc1)S(=O)(=O)C(=C[C@H](Cc1ccccc1)NC(=O)[C@@H](NC(=O)OCc1ccccc1)C(C)C)c1ccccc1)Cc1ccccc1. The summed E-state index contributed by atoms with van der Waals surface area (Å²) in [5.41, 5.74) is 3.90. The van der Waals surface area contributed by atoms with Crippen molar-refractivity contribution in [3.05, 3.63) is 228 Å². The summed E-state index contributed by atoms with van der Waals surface area (Å²) < 4.78 is 42.6. The van der Waals surface area contributed by atoms with Crippen molar-refractivity contribution in [1.82, 2.24) is 21.3 Å². The molecule has 4 atom stereocenters. The van der Waals surface area contributed by atoms with Gasteiger partial charge in [0.05, 0.1) is 21.9 Å². The quantitative estimate of drug-likeness (QED) is 0.0521. The zero-order valence-corrected chi connectivity index (χ0v) is 41.3. The summed E-state index contributed by atoms with van der Waals surface area (Å²) in [5.74, 6) is -1.85. The van der Waals surface area contributed by atoms with E-state index in [0.717, 1.165) is 22.3 Å². The molecular weight excluding hydrogens is 913 g/mol. The van der Waals surface area contributed by atoms with E-state index in [1.807, 2.05) is 121 Å². The van der Waals surface area contributed by atoms with Gasteiger partial charge in [0.15, 0.2) is 0 Å². The van der Waals surface area contributed by atoms with Crippen LogP contribution >= 0.6 is 0 Å². The maximum atomic E-state index is 15.8. The van der Waals surface area contributed by atoms with Crippen LogP contribution in [0.25, 0.3) is 9.81 Å². The first kappa shape index (κ1) is 52.6. The van der Waals surface area contributed by atoms with Crippen molar-refractivity contribution in [2.24, 2.45) is 11.8 Å². The third kappa shape index (κ3) is 16.1. The van der Waals surface area contributed by atoms with E-state index in [9.17, 15) is 19.2 Å². The largest absolute Gasteiger partial charge is 0.445 e. The van der Waals surface area contributed by atoms with Gasteiger partial charge in [-0.2, -0.15) is 0 Å². The second-order valence-electron chi connectivity index (χ2n) is 17.8. The predicted octanol–water partition coefficient (Wildman–Crippen LogP) is 9.84. The number of hydrogen-bond donors (Lipinski definition) is 4. The molecule has 6 aromatic carbocycles. The number of benzene rings is 6. The van der Waals surface area contributed by atoms with E-state index in [-0.39, 0.29) is 47.7 Å². The highest BCUT2D eigenvalue weighted by Crippen LogP contribution is 2.34. The van der Waals surface area contributed by atoms with Crippen LogP contribution in [0.3, 0.4) is 0 Å². The number of hydrogen-bond acceptors (Lipinski definition) is 8. The highest BCUT2D eigenvalue weighted by atomic mass is 32.2. The summed E-state index contributed by atoms with van der Waals surface area (Å²) in [6.45, 7) is 7.18. The highest BCUT2D eigenvalue weighted by Gasteiger charge is 2.33. The number of carbonyl (C=O) groups is 4. The Morgan fingerprint density at radius 1 is 0.423 bits per heavy atom. The molecule has 6 aromatic rings. The van der Waals surface area contributed by atoms with Crippen LogP contribution in [0.15, 0.2) is 194 Å². The number of amides is 4. The van der Waals surface area contributed by atoms with Gasteiger partial charge in [-0.25, -0.2) is 18.0 Å². The molecule has 0 bridgehead atoms. The van der Waals surface area contributed by atoms with Crippen LogP contribution in [0.1, 0.15) is 61.1 Å². The second kappa shape index (κ2) is 26.3. The molecule has 368 valence electrons. The molecule has 6 rings (SSSR count). The van der Waals surface area contributed by atoms with E-state index in [4.69, 9.17) is 9.47 Å². The van der Waals surface area contributed by atoms with Crippen LogP contribution in [-0.4, -0.2) is 56.6 Å². The Morgan fingerprint density at radius 2 is 0.704 bits per heavy atom. The van der Waals surface area contributed by atoms with Crippen LogP contribution in [0.4, 0.5) is 9.59 Å². The number of sulfone groups is 1. The average molecular weight is 975 g/mol. The molecular formula is C58H62N4O8S. The number of rotatable bonds is 22. The Hall–Kier alpha value is -7.77. The molecule has 4 N–H and O–H groups in total. The summed E-state index contributed by atoms with van der Waals surface area (Å²) in [6.07, 6.45) is 1.91. The lowest BCUT2D eigenvalue weighted by molar-refractivity contribution is -0.125. The van der Waals surface area contributed by atoms with Crippen molar-refractivity contribution in [1.29, 1.82) is 0 Å². The first-order valence-electron chi connectivity index (χ1n) is 23.7. The number of carbonyl (C=O) groups excluding carboxylic acids is 4. The molecule has 13 heteroatoms. The second-order valence-corrected chi connectivity index (χ2v) is 19.6. The average Bonchev–Trinajstić information content (AvgIpc) is 3.38. The highest BCUT2D eigenvalue weighted by molar-refractivity contribution is 8.09. The van der Waals surface area contributed by atoms with Gasteiger partial charge in [0, 0.05) is 0 Å². The fourth-order valence-corrected chi connectivity index (χ4v) is 9.62. The Labute approximate surface area is 417 Å². The van der Waals surface area contributed by atoms with E-state index < -0.39 is 58.0 Å². The fraction of sp³-hybridized carbons (Fsp3) is 0.241. The van der Waals surface area contributed by atoms with E-state index >= 15 is 8.42 Å². The molecule has 0 aliphatic carbocycles. The number of nitrogens with one attached hydrogen (secondary N) is 4. The van der Waals surface area contributed by atoms with Gasteiger partial charge in [-0.05, 0) is 70.2 Å². The van der Waals surface area contributed by atoms with Gasteiger partial charge in [-0.3, -0.25) is 9.59 Å². The first-order chi connectivity index (χ1) is 34.3. The Morgan fingerprint density at radius 3 is 1.00 bits per heavy atom. The number of alkyl carbamates (subject to hydrolysis) is 2. The van der Waals surface area contributed by atoms with Gasteiger partial charge in [0.25, 0.3) is 0 Å². The molecule has 4 amide bonds. The Balaban J connectivity index is 1.39. The molecule has 0 fully saturated rings. The Bertz CT molecular complexity index is 2620. The van der Waals surface area contributed by atoms with E-state index in [2.05, 4.69) is 21.3 Å². The van der Waals surface area contributed by atoms with Crippen LogP contribution < -0.4 is 21.3 Å². The smallest absolute Gasteiger partial charge is 0.408 e. The minimum Gasteiger partial charge on any atom is -0.445 e. The molecule has 0 aromatic heterocycles. The third-order valence-corrected chi connectivity index (χ3v) is 13.4. The van der Waals surface area contributed by atoms with Crippen molar-refractivity contribution in [2.75, 3.05) is 0 Å². The maximum Gasteiger partial charge on any atom is 0.408 e. The molecule has 0 saturated carbocycles. The van der Waals surface area contributed by atoms with E-state index in [0.29, 0.717) is 11.1 Å². The summed E-state index contributed by atoms with van der Waals surface area (Å²) in [4.78, 5) is 54.8. The number of ether oxygens (including phenoxy) is 2. The molecule has 0 spiro atoms. The van der Waals surface area contributed by atoms with Crippen molar-refractivity contribution in [2.45, 2.75) is 77.9 Å². The summed E-state index contributed by atoms with van der Waals surface area (Å²) in [7, 11) is -4.55. The van der Waals surface area contributed by atoms with Crippen LogP contribution in [0.5, 0.6) is 0 Å². The van der Waals surface area contributed by atoms with Crippen LogP contribution in [-0.2, 0) is 55.0 Å². The molecule has 0 aliphatic rings. The van der Waals surface area contributed by atoms with Gasteiger partial charge >= 0.3 is 12.2 Å². The maximum absolute atomic E-state index is 15.8. The monoisotopic (exact) mass is 974 g/mol. The molecule has 71 heavy (non-hydrogen) atoms. The molecule has 0 aliphatic heterocycles. The lowest BCUT2D eigenvalue weighted by Crippen LogP contribution is -2.52. The molecule has 0 radical (unpaired) electrons. The summed E-state index contributed by atoms with van der Waals surface area (Å²) in [5, 5.41) is 11.6. The van der Waals surface area contributed by atoms with Gasteiger partial charge in [0.2, 0.25) is 21.7 Å². The van der Waals surface area contributed by atoms with Crippen molar-refractivity contribution in [3.8, 4) is 0 Å². The van der Waals surface area contributed by atoms with Crippen molar-refractivity contribution >= 4 is 43.6 Å². The molecule has 0 unspecified atom stereocenters. The van der Waals surface area contributed by atoms with Gasteiger partial charge in [0.1, 0.15) is 25.3 Å². The van der Waals surface area contributed by atoms with Gasteiger partial charge in [-0.15, -0.1) is 0 Å². The normalized spacial score (nSPS) is 13.5. The van der Waals surface area contributed by atoms with Crippen molar-refractivity contribution < 1.29 is 37.1 Å². The fourth-order valence-electron chi connectivity index (χ4n) is 7.81. The topological polar surface area (TPSA) is 169 Å². The van der Waals surface area contributed by atoms with Gasteiger partial charge < -0.3 is 30.7 Å². The van der Waals surface area contributed by atoms with Crippen LogP contribution in [0, 0.1) is 11.8 Å². The first-order valence-corrected chi connectivity index (χ1v) is 25.2.